The van der Waals surface area contributed by atoms with Crippen molar-refractivity contribution in [3.8, 4) is 0 Å². The number of carbonyl (C=O) groups excluding carboxylic acids is 1. The van der Waals surface area contributed by atoms with Crippen LogP contribution in [0.5, 0.6) is 0 Å². The first-order valence-corrected chi connectivity index (χ1v) is 5.11. The maximum absolute atomic E-state index is 11.3. The molecule has 0 aliphatic heterocycles. The van der Waals surface area contributed by atoms with Gasteiger partial charge in [0.1, 0.15) is 0 Å². The maximum Gasteiger partial charge on any atom is 0.223 e. The molecule has 0 aromatic carbocycles. The van der Waals surface area contributed by atoms with Crippen molar-refractivity contribution in [2.24, 2.45) is 0 Å². The average molecular weight is 222 g/mol. The van der Waals surface area contributed by atoms with Gasteiger partial charge in [-0.3, -0.25) is 4.79 Å². The van der Waals surface area contributed by atoms with E-state index in [-0.39, 0.29) is 5.91 Å². The lowest BCUT2D eigenvalue weighted by molar-refractivity contribution is -0.132. The van der Waals surface area contributed by atoms with Crippen LogP contribution in [0, 0.1) is 0 Å². The summed E-state index contributed by atoms with van der Waals surface area (Å²) in [6.45, 7) is 6.89. The Labute approximate surface area is 77.1 Å². The molecular weight excluding hydrogens is 206 g/mol. The van der Waals surface area contributed by atoms with E-state index in [0.717, 1.165) is 11.9 Å². The molecule has 0 aliphatic carbocycles. The summed E-state index contributed by atoms with van der Waals surface area (Å²) >= 11 is 3.25. The molecule has 0 rings (SSSR count). The van der Waals surface area contributed by atoms with Gasteiger partial charge in [-0.2, -0.15) is 0 Å². The fourth-order valence-corrected chi connectivity index (χ4v) is 1.39. The van der Waals surface area contributed by atoms with E-state index >= 15 is 0 Å². The lowest BCUT2D eigenvalue weighted by Gasteiger charge is -2.24. The zero-order valence-corrected chi connectivity index (χ0v) is 9.02. The third-order valence-electron chi connectivity index (χ3n) is 1.59. The average Bonchev–Trinajstić information content (AvgIpc) is 1.88. The van der Waals surface area contributed by atoms with Crippen molar-refractivity contribution in [3.05, 3.63) is 0 Å². The summed E-state index contributed by atoms with van der Waals surface area (Å²) in [6.07, 6.45) is 0.603. The van der Waals surface area contributed by atoms with Crippen LogP contribution < -0.4 is 0 Å². The summed E-state index contributed by atoms with van der Waals surface area (Å²) in [5.41, 5.74) is 0. The zero-order chi connectivity index (χ0) is 8.85. The lowest BCUT2D eigenvalue weighted by atomic mass is 10.3. The number of rotatable bonds is 4. The molecule has 0 atom stereocenters. The maximum atomic E-state index is 11.3. The van der Waals surface area contributed by atoms with Gasteiger partial charge in [-0.1, -0.05) is 15.9 Å². The van der Waals surface area contributed by atoms with Crippen LogP contribution in [-0.2, 0) is 4.79 Å². The SMILES string of the molecule is CCN(C(=O)CCBr)C(C)C. The highest BCUT2D eigenvalue weighted by molar-refractivity contribution is 9.09. The van der Waals surface area contributed by atoms with Crippen molar-refractivity contribution in [1.82, 2.24) is 4.90 Å². The van der Waals surface area contributed by atoms with Gasteiger partial charge in [0.2, 0.25) is 5.91 Å². The van der Waals surface area contributed by atoms with Crippen molar-refractivity contribution >= 4 is 21.8 Å². The summed E-state index contributed by atoms with van der Waals surface area (Å²) in [5.74, 6) is 0.236. The quantitative estimate of drug-likeness (QED) is 0.666. The third-order valence-corrected chi connectivity index (χ3v) is 1.99. The van der Waals surface area contributed by atoms with Crippen LogP contribution in [0.3, 0.4) is 0 Å². The standard InChI is InChI=1S/C8H16BrNO/c1-4-10(7(2)3)8(11)5-6-9/h7H,4-6H2,1-3H3. The second-order valence-corrected chi connectivity index (χ2v) is 3.51. The van der Waals surface area contributed by atoms with Crippen LogP contribution >= 0.6 is 15.9 Å². The monoisotopic (exact) mass is 221 g/mol. The third kappa shape index (κ3) is 3.75. The Morgan fingerprint density at radius 3 is 2.36 bits per heavy atom. The molecule has 0 N–H and O–H groups in total. The van der Waals surface area contributed by atoms with E-state index in [1.165, 1.54) is 0 Å². The Hall–Kier alpha value is -0.0500. The molecule has 0 radical (unpaired) electrons. The van der Waals surface area contributed by atoms with Crippen LogP contribution in [0.15, 0.2) is 0 Å². The van der Waals surface area contributed by atoms with E-state index in [1.54, 1.807) is 0 Å². The Balaban J connectivity index is 3.92. The van der Waals surface area contributed by atoms with Gasteiger partial charge in [0, 0.05) is 24.3 Å². The predicted molar refractivity (Wildman–Crippen MR) is 50.9 cm³/mol. The highest BCUT2D eigenvalue weighted by Gasteiger charge is 2.12. The van der Waals surface area contributed by atoms with E-state index < -0.39 is 0 Å². The zero-order valence-electron chi connectivity index (χ0n) is 7.43. The first-order chi connectivity index (χ1) is 5.13. The smallest absolute Gasteiger partial charge is 0.223 e. The van der Waals surface area contributed by atoms with Gasteiger partial charge in [-0.25, -0.2) is 0 Å². The van der Waals surface area contributed by atoms with Crippen molar-refractivity contribution in [2.45, 2.75) is 33.2 Å². The first-order valence-electron chi connectivity index (χ1n) is 3.98. The van der Waals surface area contributed by atoms with Crippen LogP contribution in [0.4, 0.5) is 0 Å². The second kappa shape index (κ2) is 5.58. The van der Waals surface area contributed by atoms with E-state index in [9.17, 15) is 4.79 Å². The van der Waals surface area contributed by atoms with Gasteiger partial charge >= 0.3 is 0 Å². The normalized spacial score (nSPS) is 10.3. The van der Waals surface area contributed by atoms with Gasteiger partial charge in [-0.05, 0) is 20.8 Å². The topological polar surface area (TPSA) is 20.3 Å². The Morgan fingerprint density at radius 1 is 1.55 bits per heavy atom. The molecule has 0 heterocycles. The number of hydrogen-bond acceptors (Lipinski definition) is 1. The van der Waals surface area contributed by atoms with Crippen LogP contribution in [0.1, 0.15) is 27.2 Å². The van der Waals surface area contributed by atoms with Gasteiger partial charge in [0.05, 0.1) is 0 Å². The molecule has 1 amide bonds. The summed E-state index contributed by atoms with van der Waals surface area (Å²) in [7, 11) is 0. The predicted octanol–water partition coefficient (Wildman–Crippen LogP) is 2.03. The van der Waals surface area contributed by atoms with Gasteiger partial charge in [-0.15, -0.1) is 0 Å². The highest BCUT2D eigenvalue weighted by atomic mass is 79.9. The van der Waals surface area contributed by atoms with Crippen LogP contribution in [-0.4, -0.2) is 28.7 Å². The first kappa shape index (κ1) is 11.0. The number of halogens is 1. The largest absolute Gasteiger partial charge is 0.341 e. The van der Waals surface area contributed by atoms with Gasteiger partial charge in [0.15, 0.2) is 0 Å². The number of hydrogen-bond donors (Lipinski definition) is 0. The van der Waals surface area contributed by atoms with E-state index in [2.05, 4.69) is 15.9 Å². The summed E-state index contributed by atoms with van der Waals surface area (Å²) < 4.78 is 0. The Morgan fingerprint density at radius 2 is 2.09 bits per heavy atom. The molecule has 0 unspecified atom stereocenters. The second-order valence-electron chi connectivity index (χ2n) is 2.71. The summed E-state index contributed by atoms with van der Waals surface area (Å²) in [5, 5.41) is 0.759. The molecule has 0 saturated carbocycles. The molecule has 3 heteroatoms. The van der Waals surface area contributed by atoms with E-state index in [0.29, 0.717) is 12.5 Å². The minimum Gasteiger partial charge on any atom is -0.341 e. The molecule has 66 valence electrons. The molecule has 0 aromatic heterocycles. The molecule has 0 bridgehead atoms. The number of alkyl halides is 1. The summed E-state index contributed by atoms with van der Waals surface area (Å²) in [6, 6.07) is 0.326. The Bertz CT molecular complexity index is 125. The van der Waals surface area contributed by atoms with Crippen molar-refractivity contribution in [2.75, 3.05) is 11.9 Å². The fourth-order valence-electron chi connectivity index (χ4n) is 1.05. The molecule has 0 saturated heterocycles. The van der Waals surface area contributed by atoms with E-state index in [1.807, 2.05) is 25.7 Å². The molecule has 0 spiro atoms. The van der Waals surface area contributed by atoms with Crippen LogP contribution in [0.25, 0.3) is 0 Å². The molecule has 0 fully saturated rings. The van der Waals surface area contributed by atoms with Gasteiger partial charge < -0.3 is 4.90 Å². The van der Waals surface area contributed by atoms with E-state index in [4.69, 9.17) is 0 Å². The minimum atomic E-state index is 0.236. The van der Waals surface area contributed by atoms with Crippen molar-refractivity contribution in [1.29, 1.82) is 0 Å². The molecule has 11 heavy (non-hydrogen) atoms. The lowest BCUT2D eigenvalue weighted by Crippen LogP contribution is -2.36. The molecular formula is C8H16BrNO. The number of nitrogens with zero attached hydrogens (tertiary/aromatic N) is 1. The van der Waals surface area contributed by atoms with Crippen LogP contribution in [0.2, 0.25) is 0 Å². The molecule has 0 aromatic rings. The van der Waals surface area contributed by atoms with Crippen molar-refractivity contribution < 1.29 is 4.79 Å². The molecule has 0 aliphatic rings. The van der Waals surface area contributed by atoms with Gasteiger partial charge in [0.25, 0.3) is 0 Å². The molecule has 2 nitrogen and oxygen atoms in total. The number of amides is 1. The highest BCUT2D eigenvalue weighted by Crippen LogP contribution is 2.02. The fraction of sp³-hybridized carbons (Fsp3) is 0.875. The Kier molecular flexibility index (Phi) is 5.56. The number of carbonyl (C=O) groups is 1. The minimum absolute atomic E-state index is 0.236. The van der Waals surface area contributed by atoms with Crippen molar-refractivity contribution in [3.63, 3.8) is 0 Å². The summed E-state index contributed by atoms with van der Waals surface area (Å²) in [4.78, 5) is 13.2.